The van der Waals surface area contributed by atoms with Gasteiger partial charge in [-0.2, -0.15) is 0 Å². The molecule has 5 nitrogen and oxygen atoms in total. The predicted octanol–water partition coefficient (Wildman–Crippen LogP) is 4.23. The Bertz CT molecular complexity index is 1020. The van der Waals surface area contributed by atoms with Gasteiger partial charge in [-0.1, -0.05) is 23.7 Å². The highest BCUT2D eigenvalue weighted by molar-refractivity contribution is 7.98. The average Bonchev–Trinajstić information content (AvgIpc) is 2.70. The number of thioether (sulfide) groups is 1. The van der Waals surface area contributed by atoms with Crippen molar-refractivity contribution in [1.82, 2.24) is 15.3 Å². The zero-order valence-electron chi connectivity index (χ0n) is 15.5. The highest BCUT2D eigenvalue weighted by Gasteiger charge is 2.13. The van der Waals surface area contributed by atoms with Crippen molar-refractivity contribution in [3.05, 3.63) is 81.2 Å². The number of rotatable bonds is 6. The van der Waals surface area contributed by atoms with Gasteiger partial charge in [0.15, 0.2) is 0 Å². The van der Waals surface area contributed by atoms with Crippen LogP contribution in [0, 0.1) is 0 Å². The molecule has 0 saturated heterocycles. The molecule has 3 aromatic rings. The molecular formula is C21H20ClN3O2S. The number of carbonyl (C=O) groups excluding carboxylic acids is 1. The zero-order valence-corrected chi connectivity index (χ0v) is 17.1. The van der Waals surface area contributed by atoms with Crippen LogP contribution in [0.1, 0.15) is 24.1 Å². The molecule has 7 heteroatoms. The minimum absolute atomic E-state index is 0.0313. The summed E-state index contributed by atoms with van der Waals surface area (Å²) < 4.78 is 0. The predicted molar refractivity (Wildman–Crippen MR) is 114 cm³/mol. The lowest BCUT2D eigenvalue weighted by Gasteiger charge is -2.14. The number of benzene rings is 2. The lowest BCUT2D eigenvalue weighted by Crippen LogP contribution is -2.30. The van der Waals surface area contributed by atoms with E-state index in [-0.39, 0.29) is 23.9 Å². The Morgan fingerprint density at radius 1 is 1.18 bits per heavy atom. The first-order valence-corrected chi connectivity index (χ1v) is 10.3. The largest absolute Gasteiger partial charge is 0.349 e. The van der Waals surface area contributed by atoms with E-state index in [1.165, 1.54) is 11.1 Å². The third kappa shape index (κ3) is 5.03. The summed E-state index contributed by atoms with van der Waals surface area (Å²) in [5.41, 5.74) is 1.75. The Balaban J connectivity index is 1.66. The number of halogens is 1. The molecule has 0 aliphatic heterocycles. The van der Waals surface area contributed by atoms with Crippen LogP contribution in [0.5, 0.6) is 0 Å². The Kier molecular flexibility index (Phi) is 6.54. The molecule has 2 aromatic carbocycles. The van der Waals surface area contributed by atoms with E-state index in [1.807, 2.05) is 37.4 Å². The molecule has 28 heavy (non-hydrogen) atoms. The van der Waals surface area contributed by atoms with Crippen molar-refractivity contribution in [3.8, 4) is 11.4 Å². The molecule has 1 atom stereocenters. The summed E-state index contributed by atoms with van der Waals surface area (Å²) in [5, 5.41) is 3.53. The first-order valence-electron chi connectivity index (χ1n) is 8.73. The molecule has 144 valence electrons. The quantitative estimate of drug-likeness (QED) is 0.593. The van der Waals surface area contributed by atoms with Gasteiger partial charge in [0.2, 0.25) is 5.91 Å². The van der Waals surface area contributed by atoms with E-state index in [2.05, 4.69) is 15.3 Å². The van der Waals surface area contributed by atoms with Crippen LogP contribution in [0.3, 0.4) is 0 Å². The van der Waals surface area contributed by atoms with E-state index in [0.29, 0.717) is 16.4 Å². The highest BCUT2D eigenvalue weighted by atomic mass is 35.5. The van der Waals surface area contributed by atoms with E-state index >= 15 is 0 Å². The first-order chi connectivity index (χ1) is 13.5. The van der Waals surface area contributed by atoms with Gasteiger partial charge in [-0.3, -0.25) is 9.59 Å². The van der Waals surface area contributed by atoms with Crippen LogP contribution >= 0.6 is 23.4 Å². The van der Waals surface area contributed by atoms with E-state index in [1.54, 1.807) is 36.0 Å². The molecule has 0 aliphatic carbocycles. The monoisotopic (exact) mass is 413 g/mol. The smallest absolute Gasteiger partial charge is 0.254 e. The van der Waals surface area contributed by atoms with Gasteiger partial charge in [0, 0.05) is 27.2 Å². The van der Waals surface area contributed by atoms with E-state index in [4.69, 9.17) is 11.6 Å². The number of aromatic nitrogens is 2. The van der Waals surface area contributed by atoms with Gasteiger partial charge in [0.05, 0.1) is 12.5 Å². The molecule has 0 fully saturated rings. The summed E-state index contributed by atoms with van der Waals surface area (Å²) in [7, 11) is 0. The molecule has 2 N–H and O–H groups in total. The lowest BCUT2D eigenvalue weighted by atomic mass is 10.1. The Labute approximate surface area is 172 Å². The molecule has 0 saturated carbocycles. The van der Waals surface area contributed by atoms with Gasteiger partial charge in [-0.05, 0) is 55.1 Å². The summed E-state index contributed by atoms with van der Waals surface area (Å²) in [6, 6.07) is 14.9. The van der Waals surface area contributed by atoms with Gasteiger partial charge in [0.1, 0.15) is 5.82 Å². The molecule has 0 bridgehead atoms. The molecular weight excluding hydrogens is 394 g/mol. The Morgan fingerprint density at radius 2 is 1.86 bits per heavy atom. The maximum atomic E-state index is 12.4. The third-order valence-electron chi connectivity index (χ3n) is 4.34. The van der Waals surface area contributed by atoms with Gasteiger partial charge < -0.3 is 10.3 Å². The zero-order chi connectivity index (χ0) is 20.1. The van der Waals surface area contributed by atoms with Gasteiger partial charge in [-0.25, -0.2) is 4.98 Å². The van der Waals surface area contributed by atoms with Crippen LogP contribution in [0.4, 0.5) is 0 Å². The van der Waals surface area contributed by atoms with Crippen LogP contribution in [0.25, 0.3) is 11.4 Å². The number of hydrogen-bond donors (Lipinski definition) is 2. The number of hydrogen-bond acceptors (Lipinski definition) is 4. The fourth-order valence-electron chi connectivity index (χ4n) is 2.74. The molecule has 1 heterocycles. The first kappa shape index (κ1) is 20.2. The highest BCUT2D eigenvalue weighted by Crippen LogP contribution is 2.19. The second-order valence-corrected chi connectivity index (χ2v) is 7.65. The van der Waals surface area contributed by atoms with Crippen molar-refractivity contribution in [3.63, 3.8) is 0 Å². The van der Waals surface area contributed by atoms with Gasteiger partial charge in [-0.15, -0.1) is 11.8 Å². The average molecular weight is 414 g/mol. The number of H-pyrrole nitrogens is 1. The standard InChI is InChI=1S/C21H20ClN3O2S/c1-13(14-5-9-18(28-2)10-6-14)24-19(26)11-16-12-23-20(25-21(16)27)15-3-7-17(22)8-4-15/h3-10,12-13H,11H2,1-2H3,(H,24,26)(H,23,25,27)/t13-/m1/s1. The summed E-state index contributed by atoms with van der Waals surface area (Å²) in [5.74, 6) is 0.209. The number of amides is 1. The Hall–Kier alpha value is -2.57. The fourth-order valence-corrected chi connectivity index (χ4v) is 3.28. The van der Waals surface area contributed by atoms with Crippen molar-refractivity contribution in [2.75, 3.05) is 6.26 Å². The SMILES string of the molecule is CSc1ccc([C@@H](C)NC(=O)Cc2cnc(-c3ccc(Cl)cc3)[nH]c2=O)cc1. The minimum atomic E-state index is -0.327. The fraction of sp³-hybridized carbons (Fsp3) is 0.190. The summed E-state index contributed by atoms with van der Waals surface area (Å²) in [4.78, 5) is 32.8. The van der Waals surface area contributed by atoms with E-state index in [0.717, 1.165) is 11.1 Å². The van der Waals surface area contributed by atoms with Crippen LogP contribution < -0.4 is 10.9 Å². The summed E-state index contributed by atoms with van der Waals surface area (Å²) in [6.45, 7) is 1.91. The van der Waals surface area contributed by atoms with Crippen LogP contribution in [0.15, 0.2) is 64.4 Å². The number of carbonyl (C=O) groups is 1. The molecule has 1 amide bonds. The molecule has 1 aromatic heterocycles. The van der Waals surface area contributed by atoms with E-state index in [9.17, 15) is 9.59 Å². The van der Waals surface area contributed by atoms with Crippen LogP contribution in [0.2, 0.25) is 5.02 Å². The topological polar surface area (TPSA) is 74.8 Å². The molecule has 0 spiro atoms. The second-order valence-electron chi connectivity index (χ2n) is 6.33. The maximum absolute atomic E-state index is 12.4. The molecule has 0 aliphatic rings. The van der Waals surface area contributed by atoms with Crippen molar-refractivity contribution in [1.29, 1.82) is 0 Å². The summed E-state index contributed by atoms with van der Waals surface area (Å²) >= 11 is 7.54. The van der Waals surface area contributed by atoms with Crippen LogP contribution in [-0.2, 0) is 11.2 Å². The normalized spacial score (nSPS) is 11.8. The van der Waals surface area contributed by atoms with Crippen molar-refractivity contribution in [2.24, 2.45) is 0 Å². The Morgan fingerprint density at radius 3 is 2.46 bits per heavy atom. The van der Waals surface area contributed by atoms with Gasteiger partial charge in [0.25, 0.3) is 5.56 Å². The van der Waals surface area contributed by atoms with Crippen molar-refractivity contribution >= 4 is 29.3 Å². The lowest BCUT2D eigenvalue weighted by molar-refractivity contribution is -0.121. The molecule has 0 unspecified atom stereocenters. The van der Waals surface area contributed by atoms with Crippen molar-refractivity contribution in [2.45, 2.75) is 24.3 Å². The minimum Gasteiger partial charge on any atom is -0.349 e. The van der Waals surface area contributed by atoms with Gasteiger partial charge >= 0.3 is 0 Å². The molecule has 3 rings (SSSR count). The maximum Gasteiger partial charge on any atom is 0.254 e. The van der Waals surface area contributed by atoms with Crippen molar-refractivity contribution < 1.29 is 4.79 Å². The summed E-state index contributed by atoms with van der Waals surface area (Å²) in [6.07, 6.45) is 3.43. The third-order valence-corrected chi connectivity index (χ3v) is 5.33. The number of nitrogens with one attached hydrogen (secondary N) is 2. The number of aromatic amines is 1. The molecule has 0 radical (unpaired) electrons. The van der Waals surface area contributed by atoms with E-state index < -0.39 is 0 Å². The van der Waals surface area contributed by atoms with Crippen LogP contribution in [-0.4, -0.2) is 22.1 Å². The second kappa shape index (κ2) is 9.08. The number of nitrogens with zero attached hydrogens (tertiary/aromatic N) is 1.